The van der Waals surface area contributed by atoms with Crippen LogP contribution in [0.25, 0.3) is 28.2 Å². The van der Waals surface area contributed by atoms with E-state index in [1.54, 1.807) is 12.4 Å². The molecule has 5 heteroatoms. The predicted molar refractivity (Wildman–Crippen MR) is 67.5 cm³/mol. The minimum atomic E-state index is 0.805. The van der Waals surface area contributed by atoms with Crippen molar-refractivity contribution < 1.29 is 8.98 Å². The summed E-state index contributed by atoms with van der Waals surface area (Å²) >= 11 is 0. The quantitative estimate of drug-likeness (QED) is 0.393. The van der Waals surface area contributed by atoms with Crippen molar-refractivity contribution in [1.29, 1.82) is 0 Å². The second-order valence-electron chi connectivity index (χ2n) is 4.73. The molecule has 5 nitrogen and oxygen atoms in total. The SMILES string of the molecule is c1cc2c(cn1)C[n+]1c-2oc2cc3cnccn3c21. The summed E-state index contributed by atoms with van der Waals surface area (Å²) in [6, 6.07) is 4.03. The molecule has 0 radical (unpaired) electrons. The van der Waals surface area contributed by atoms with Gasteiger partial charge >= 0.3 is 5.65 Å². The summed E-state index contributed by atoms with van der Waals surface area (Å²) < 4.78 is 10.3. The highest BCUT2D eigenvalue weighted by atomic mass is 16.4. The smallest absolute Gasteiger partial charge is 0.333 e. The number of hydrogen-bond acceptors (Lipinski definition) is 3. The zero-order valence-corrected chi connectivity index (χ0v) is 9.95. The van der Waals surface area contributed by atoms with Crippen LogP contribution >= 0.6 is 0 Å². The molecular formula is C14H9N4O+. The van der Waals surface area contributed by atoms with E-state index in [-0.39, 0.29) is 0 Å². The predicted octanol–water partition coefficient (Wildman–Crippen LogP) is 1.79. The van der Waals surface area contributed by atoms with Crippen molar-refractivity contribution >= 4 is 16.7 Å². The van der Waals surface area contributed by atoms with Gasteiger partial charge in [0.25, 0.3) is 5.89 Å². The number of nitrogens with zero attached hydrogens (tertiary/aromatic N) is 4. The van der Waals surface area contributed by atoms with Gasteiger partial charge in [-0.2, -0.15) is 8.97 Å². The Labute approximate surface area is 107 Å². The van der Waals surface area contributed by atoms with Crippen LogP contribution in [0.5, 0.6) is 0 Å². The lowest BCUT2D eigenvalue weighted by Gasteiger charge is -1.90. The lowest BCUT2D eigenvalue weighted by Crippen LogP contribution is -2.31. The molecule has 1 aliphatic rings. The van der Waals surface area contributed by atoms with Crippen molar-refractivity contribution in [3.05, 3.63) is 48.7 Å². The molecule has 0 unspecified atom stereocenters. The van der Waals surface area contributed by atoms with Crippen molar-refractivity contribution in [3.8, 4) is 11.5 Å². The van der Waals surface area contributed by atoms with E-state index in [1.807, 2.05) is 30.7 Å². The van der Waals surface area contributed by atoms with Crippen LogP contribution in [0.3, 0.4) is 0 Å². The van der Waals surface area contributed by atoms with E-state index >= 15 is 0 Å². The topological polar surface area (TPSA) is 47.2 Å². The Kier molecular flexibility index (Phi) is 1.46. The van der Waals surface area contributed by atoms with Crippen molar-refractivity contribution in [2.24, 2.45) is 0 Å². The van der Waals surface area contributed by atoms with Crippen LogP contribution in [0.15, 0.2) is 47.5 Å². The zero-order chi connectivity index (χ0) is 12.4. The normalized spacial score (nSPS) is 13.1. The molecule has 0 atom stereocenters. The van der Waals surface area contributed by atoms with Gasteiger partial charge in [-0.15, -0.1) is 0 Å². The Morgan fingerprint density at radius 3 is 3.16 bits per heavy atom. The van der Waals surface area contributed by atoms with Gasteiger partial charge in [0, 0.05) is 24.0 Å². The summed E-state index contributed by atoms with van der Waals surface area (Å²) in [4.78, 5) is 8.32. The van der Waals surface area contributed by atoms with E-state index in [0.29, 0.717) is 0 Å². The first-order valence-corrected chi connectivity index (χ1v) is 6.12. The standard InChI is InChI=1S/C14H9N4O/c1-2-15-6-9-8-18-13-12(19-14(18)11(1)9)5-10-7-16-3-4-17(10)13/h1-7H,8H2/q+1. The van der Waals surface area contributed by atoms with E-state index in [1.165, 1.54) is 5.56 Å². The van der Waals surface area contributed by atoms with Crippen LogP contribution in [0, 0.1) is 0 Å². The second kappa shape index (κ2) is 3.00. The fraction of sp³-hybridized carbons (Fsp3) is 0.0714. The molecular weight excluding hydrogens is 240 g/mol. The van der Waals surface area contributed by atoms with Crippen LogP contribution < -0.4 is 4.57 Å². The van der Waals surface area contributed by atoms with Crippen molar-refractivity contribution in [3.63, 3.8) is 0 Å². The van der Waals surface area contributed by atoms with Crippen molar-refractivity contribution in [2.75, 3.05) is 0 Å². The van der Waals surface area contributed by atoms with E-state index in [0.717, 1.165) is 34.7 Å². The van der Waals surface area contributed by atoms with Gasteiger partial charge in [0.05, 0.1) is 18.0 Å². The minimum Gasteiger partial charge on any atom is -0.414 e. The molecule has 0 amide bonds. The summed E-state index contributed by atoms with van der Waals surface area (Å²) in [6.07, 6.45) is 9.29. The van der Waals surface area contributed by atoms with Crippen LogP contribution in [0.1, 0.15) is 5.56 Å². The summed E-state index contributed by atoms with van der Waals surface area (Å²) in [5.41, 5.74) is 5.34. The maximum absolute atomic E-state index is 6.01. The highest BCUT2D eigenvalue weighted by molar-refractivity contribution is 5.78. The minimum absolute atomic E-state index is 0.805. The average molecular weight is 249 g/mol. The molecule has 5 heterocycles. The molecule has 0 aliphatic carbocycles. The molecule has 0 saturated heterocycles. The van der Waals surface area contributed by atoms with E-state index in [2.05, 4.69) is 18.9 Å². The third kappa shape index (κ3) is 1.03. The van der Waals surface area contributed by atoms with Gasteiger partial charge in [-0.3, -0.25) is 9.97 Å². The Balaban J connectivity index is 1.94. The molecule has 0 aromatic carbocycles. The summed E-state index contributed by atoms with van der Waals surface area (Å²) in [6.45, 7) is 0.805. The van der Waals surface area contributed by atoms with Crippen LogP contribution in [-0.4, -0.2) is 14.4 Å². The third-order valence-electron chi connectivity index (χ3n) is 3.68. The fourth-order valence-corrected chi connectivity index (χ4v) is 2.86. The molecule has 4 aromatic heterocycles. The molecule has 1 aliphatic heterocycles. The highest BCUT2D eigenvalue weighted by Gasteiger charge is 2.32. The number of oxazole rings is 1. The largest absolute Gasteiger partial charge is 0.414 e. The van der Waals surface area contributed by atoms with E-state index < -0.39 is 0 Å². The van der Waals surface area contributed by atoms with Crippen LogP contribution in [-0.2, 0) is 6.54 Å². The van der Waals surface area contributed by atoms with Gasteiger partial charge in [-0.1, -0.05) is 0 Å². The van der Waals surface area contributed by atoms with Gasteiger partial charge in [0.2, 0.25) is 5.58 Å². The first kappa shape index (κ1) is 9.27. The molecule has 0 fully saturated rings. The lowest BCUT2D eigenvalue weighted by molar-refractivity contribution is -0.651. The molecule has 0 saturated carbocycles. The monoisotopic (exact) mass is 249 g/mol. The number of rotatable bonds is 0. The molecule has 5 rings (SSSR count). The summed E-state index contributed by atoms with van der Waals surface area (Å²) in [5.74, 6) is 0.911. The highest BCUT2D eigenvalue weighted by Crippen LogP contribution is 2.31. The van der Waals surface area contributed by atoms with Gasteiger partial charge in [0.1, 0.15) is 12.7 Å². The van der Waals surface area contributed by atoms with Crippen molar-refractivity contribution in [2.45, 2.75) is 6.54 Å². The number of hydrogen-bond donors (Lipinski definition) is 0. The fourth-order valence-electron chi connectivity index (χ4n) is 2.86. The van der Waals surface area contributed by atoms with Crippen molar-refractivity contribution in [1.82, 2.24) is 14.4 Å². The maximum atomic E-state index is 6.01. The Morgan fingerprint density at radius 1 is 1.21 bits per heavy atom. The number of fused-ring (bicyclic) bond motifs is 7. The average Bonchev–Trinajstić information content (AvgIpc) is 3.05. The Hall–Kier alpha value is -2.69. The first-order valence-electron chi connectivity index (χ1n) is 6.12. The van der Waals surface area contributed by atoms with E-state index in [9.17, 15) is 0 Å². The second-order valence-corrected chi connectivity index (χ2v) is 4.73. The molecule has 0 N–H and O–H groups in total. The third-order valence-corrected chi connectivity index (χ3v) is 3.68. The Bertz CT molecular complexity index is 951. The molecule has 19 heavy (non-hydrogen) atoms. The lowest BCUT2D eigenvalue weighted by atomic mass is 10.2. The van der Waals surface area contributed by atoms with Gasteiger partial charge in [-0.25, -0.2) is 0 Å². The number of aromatic nitrogens is 4. The molecule has 0 spiro atoms. The van der Waals surface area contributed by atoms with Gasteiger partial charge in [0.15, 0.2) is 5.52 Å². The molecule has 0 bridgehead atoms. The summed E-state index contributed by atoms with van der Waals surface area (Å²) in [7, 11) is 0. The zero-order valence-electron chi connectivity index (χ0n) is 9.95. The summed E-state index contributed by atoms with van der Waals surface area (Å²) in [5, 5.41) is 0. The van der Waals surface area contributed by atoms with Gasteiger partial charge < -0.3 is 4.42 Å². The van der Waals surface area contributed by atoms with Crippen LogP contribution in [0.2, 0.25) is 0 Å². The van der Waals surface area contributed by atoms with Gasteiger partial charge in [-0.05, 0) is 6.07 Å². The van der Waals surface area contributed by atoms with E-state index in [4.69, 9.17) is 4.42 Å². The maximum Gasteiger partial charge on any atom is 0.333 e. The van der Waals surface area contributed by atoms with Crippen LogP contribution in [0.4, 0.5) is 0 Å². The Morgan fingerprint density at radius 2 is 2.16 bits per heavy atom. The molecule has 4 aromatic rings. The first-order chi connectivity index (χ1) is 9.42. The molecule has 90 valence electrons. The number of pyridine rings is 1.